The first-order valence-corrected chi connectivity index (χ1v) is 11.9. The first kappa shape index (κ1) is 25.6. The van der Waals surface area contributed by atoms with Gasteiger partial charge in [-0.2, -0.15) is 18.3 Å². The molecule has 0 aliphatic heterocycles. The summed E-state index contributed by atoms with van der Waals surface area (Å²) < 4.78 is 55.4. The molecule has 0 radical (unpaired) electrons. The highest BCUT2D eigenvalue weighted by Gasteiger charge is 2.33. The van der Waals surface area contributed by atoms with Crippen LogP contribution in [0.15, 0.2) is 41.3 Å². The molecule has 0 atom stereocenters. The maximum atomic E-state index is 14.8. The summed E-state index contributed by atoms with van der Waals surface area (Å²) in [5.74, 6) is -0.683. The Labute approximate surface area is 211 Å². The Bertz CT molecular complexity index is 1680. The third-order valence-electron chi connectivity index (χ3n) is 5.21. The van der Waals surface area contributed by atoms with Gasteiger partial charge >= 0.3 is 6.18 Å². The van der Waals surface area contributed by atoms with Crippen LogP contribution < -0.4 is 5.43 Å². The van der Waals surface area contributed by atoms with Crippen molar-refractivity contribution in [2.45, 2.75) is 33.9 Å². The maximum Gasteiger partial charge on any atom is 0.433 e. The van der Waals surface area contributed by atoms with E-state index in [0.29, 0.717) is 5.69 Å². The second-order valence-corrected chi connectivity index (χ2v) is 8.96. The van der Waals surface area contributed by atoms with Crippen LogP contribution >= 0.6 is 22.9 Å². The molecule has 186 valence electrons. The molecule has 0 amide bonds. The lowest BCUT2D eigenvalue weighted by molar-refractivity contribution is -0.141. The second kappa shape index (κ2) is 9.55. The van der Waals surface area contributed by atoms with Gasteiger partial charge in [0, 0.05) is 10.7 Å². The topological polar surface area (TPSA) is 73.6 Å². The predicted molar refractivity (Wildman–Crippen MR) is 132 cm³/mol. The number of thiazole rings is 1. The standard InChI is InChI=1S/C22H12ClF4N5OS.C2H6/c1-9-5-15-18(29-10(9)2)20(33)19(31-32(15)14-4-3-11(23)6-12(14)24)21-30-13-8-28-17(22(25,26)27)7-16(13)34-21;1-2/h3-8H,1-2H3;1-2H3. The Kier molecular flexibility index (Phi) is 6.80. The van der Waals surface area contributed by atoms with Gasteiger partial charge in [0.2, 0.25) is 5.43 Å². The molecule has 0 saturated carbocycles. The van der Waals surface area contributed by atoms with Gasteiger partial charge in [0.15, 0.2) is 5.69 Å². The summed E-state index contributed by atoms with van der Waals surface area (Å²) in [5, 5.41) is 4.59. The van der Waals surface area contributed by atoms with Crippen molar-refractivity contribution in [2.24, 2.45) is 0 Å². The van der Waals surface area contributed by atoms with E-state index >= 15 is 0 Å². The largest absolute Gasteiger partial charge is 0.433 e. The number of hydrogen-bond donors (Lipinski definition) is 0. The summed E-state index contributed by atoms with van der Waals surface area (Å²) in [6, 6.07) is 6.52. The van der Waals surface area contributed by atoms with Gasteiger partial charge in [-0.25, -0.2) is 24.0 Å². The molecule has 0 aliphatic rings. The predicted octanol–water partition coefficient (Wildman–Crippen LogP) is 6.91. The van der Waals surface area contributed by atoms with Gasteiger partial charge in [0.05, 0.1) is 16.4 Å². The van der Waals surface area contributed by atoms with Gasteiger partial charge < -0.3 is 0 Å². The number of aromatic nitrogens is 5. The maximum absolute atomic E-state index is 14.8. The van der Waals surface area contributed by atoms with Gasteiger partial charge in [-0.05, 0) is 49.7 Å². The van der Waals surface area contributed by atoms with E-state index in [0.717, 1.165) is 35.2 Å². The number of halogens is 5. The lowest BCUT2D eigenvalue weighted by atomic mass is 10.2. The van der Waals surface area contributed by atoms with Gasteiger partial charge in [0.25, 0.3) is 0 Å². The number of pyridine rings is 2. The fourth-order valence-electron chi connectivity index (χ4n) is 3.40. The molecule has 1 aromatic carbocycles. The molecular formula is C24H18ClF4N5OS. The average Bonchev–Trinajstić information content (AvgIpc) is 3.25. The van der Waals surface area contributed by atoms with Gasteiger partial charge in [-0.15, -0.1) is 11.3 Å². The Morgan fingerprint density at radius 3 is 2.44 bits per heavy atom. The molecule has 0 fully saturated rings. The van der Waals surface area contributed by atoms with Gasteiger partial charge in [-0.3, -0.25) is 4.79 Å². The lowest BCUT2D eigenvalue weighted by Crippen LogP contribution is -2.18. The molecule has 6 nitrogen and oxygen atoms in total. The molecule has 5 aromatic rings. The van der Waals surface area contributed by atoms with E-state index in [-0.39, 0.29) is 42.7 Å². The number of hydrogen-bond acceptors (Lipinski definition) is 6. The Morgan fingerprint density at radius 2 is 1.78 bits per heavy atom. The summed E-state index contributed by atoms with van der Waals surface area (Å²) in [6.45, 7) is 7.52. The van der Waals surface area contributed by atoms with E-state index in [1.165, 1.54) is 16.8 Å². The van der Waals surface area contributed by atoms with Crippen molar-refractivity contribution < 1.29 is 17.6 Å². The molecular weight excluding hydrogens is 518 g/mol. The van der Waals surface area contributed by atoms with E-state index < -0.39 is 23.1 Å². The van der Waals surface area contributed by atoms with Crippen LogP contribution in [0.2, 0.25) is 5.02 Å². The van der Waals surface area contributed by atoms with Gasteiger partial charge in [0.1, 0.15) is 33.2 Å². The highest BCUT2D eigenvalue weighted by molar-refractivity contribution is 7.21. The fraction of sp³-hybridized carbons (Fsp3) is 0.208. The minimum Gasteiger partial charge on any atom is -0.285 e. The third-order valence-corrected chi connectivity index (χ3v) is 6.47. The van der Waals surface area contributed by atoms with Crippen LogP contribution in [0.25, 0.3) is 37.6 Å². The van der Waals surface area contributed by atoms with E-state index in [2.05, 4.69) is 20.1 Å². The van der Waals surface area contributed by atoms with E-state index in [1.54, 1.807) is 19.9 Å². The molecule has 4 aromatic heterocycles. The molecule has 0 aliphatic carbocycles. The molecule has 0 unspecified atom stereocenters. The van der Waals surface area contributed by atoms with Crippen LogP contribution in [0, 0.1) is 19.7 Å². The quantitative estimate of drug-likeness (QED) is 0.230. The Hall–Kier alpha value is -3.44. The number of nitrogens with zero attached hydrogens (tertiary/aromatic N) is 5. The number of rotatable bonds is 2. The van der Waals surface area contributed by atoms with Crippen molar-refractivity contribution in [1.82, 2.24) is 24.7 Å². The summed E-state index contributed by atoms with van der Waals surface area (Å²) >= 11 is 6.74. The van der Waals surface area contributed by atoms with Crippen molar-refractivity contribution in [3.05, 3.63) is 74.5 Å². The van der Waals surface area contributed by atoms with Crippen LogP contribution in [0.1, 0.15) is 30.8 Å². The summed E-state index contributed by atoms with van der Waals surface area (Å²) in [6.07, 6.45) is -3.64. The first-order chi connectivity index (χ1) is 17.0. The van der Waals surface area contributed by atoms with E-state index in [9.17, 15) is 22.4 Å². The van der Waals surface area contributed by atoms with Crippen molar-refractivity contribution in [3.8, 4) is 16.4 Å². The highest BCUT2D eigenvalue weighted by Crippen LogP contribution is 2.34. The number of alkyl halides is 3. The van der Waals surface area contributed by atoms with Crippen LogP contribution in [0.3, 0.4) is 0 Å². The zero-order valence-corrected chi connectivity index (χ0v) is 21.0. The highest BCUT2D eigenvalue weighted by atomic mass is 35.5. The normalized spacial score (nSPS) is 11.6. The molecule has 0 N–H and O–H groups in total. The van der Waals surface area contributed by atoms with Crippen LogP contribution in [0.5, 0.6) is 0 Å². The van der Waals surface area contributed by atoms with E-state index in [1.807, 2.05) is 13.8 Å². The molecule has 0 spiro atoms. The van der Waals surface area contributed by atoms with Gasteiger partial charge in [-0.1, -0.05) is 25.4 Å². The Morgan fingerprint density at radius 1 is 1.06 bits per heavy atom. The van der Waals surface area contributed by atoms with Crippen LogP contribution in [-0.4, -0.2) is 24.7 Å². The van der Waals surface area contributed by atoms with Crippen molar-refractivity contribution in [3.63, 3.8) is 0 Å². The average molecular weight is 536 g/mol. The SMILES string of the molecule is CC.Cc1cc2c(nc1C)c(=O)c(-c1nc3cnc(C(F)(F)F)cc3s1)nn2-c1ccc(Cl)cc1F. The van der Waals surface area contributed by atoms with Crippen molar-refractivity contribution in [2.75, 3.05) is 0 Å². The third kappa shape index (κ3) is 4.56. The van der Waals surface area contributed by atoms with E-state index in [4.69, 9.17) is 11.6 Å². The number of fused-ring (bicyclic) bond motifs is 2. The molecule has 5 rings (SSSR count). The zero-order chi connectivity index (χ0) is 26.4. The minimum atomic E-state index is -4.63. The summed E-state index contributed by atoms with van der Waals surface area (Å²) in [7, 11) is 0. The molecule has 12 heteroatoms. The smallest absolute Gasteiger partial charge is 0.285 e. The molecule has 36 heavy (non-hydrogen) atoms. The van der Waals surface area contributed by atoms with Crippen molar-refractivity contribution in [1.29, 1.82) is 0 Å². The molecule has 0 saturated heterocycles. The molecule has 0 bridgehead atoms. The number of aryl methyl sites for hydroxylation is 2. The molecule has 4 heterocycles. The van der Waals surface area contributed by atoms with Crippen LogP contribution in [-0.2, 0) is 6.18 Å². The monoisotopic (exact) mass is 535 g/mol. The first-order valence-electron chi connectivity index (χ1n) is 10.7. The van der Waals surface area contributed by atoms with Crippen molar-refractivity contribution >= 4 is 44.2 Å². The lowest BCUT2D eigenvalue weighted by Gasteiger charge is -2.13. The number of benzene rings is 1. The Balaban J connectivity index is 0.00000148. The minimum absolute atomic E-state index is 0.0165. The zero-order valence-electron chi connectivity index (χ0n) is 19.4. The fourth-order valence-corrected chi connectivity index (χ4v) is 4.51. The summed E-state index contributed by atoms with van der Waals surface area (Å²) in [4.78, 5) is 25.4. The second-order valence-electron chi connectivity index (χ2n) is 7.50. The van der Waals surface area contributed by atoms with Crippen LogP contribution in [0.4, 0.5) is 17.6 Å². The summed E-state index contributed by atoms with van der Waals surface area (Å²) in [5.41, 5.74) is 0.00293.